The molecule has 1 aliphatic heterocycles. The summed E-state index contributed by atoms with van der Waals surface area (Å²) in [5.74, 6) is 2.40. The van der Waals surface area contributed by atoms with Gasteiger partial charge in [-0.25, -0.2) is 0 Å². The van der Waals surface area contributed by atoms with Gasteiger partial charge < -0.3 is 5.32 Å². The summed E-state index contributed by atoms with van der Waals surface area (Å²) < 4.78 is 0. The molecule has 0 spiro atoms. The second-order valence-corrected chi connectivity index (χ2v) is 5.09. The summed E-state index contributed by atoms with van der Waals surface area (Å²) in [6.45, 7) is 3.23. The SMILES string of the molecule is CCC(CSC)NC1=NCCCS1. The normalized spacial score (nSPS) is 19.4. The molecule has 0 saturated heterocycles. The average molecular weight is 218 g/mol. The van der Waals surface area contributed by atoms with E-state index in [0.717, 1.165) is 11.7 Å². The molecular weight excluding hydrogens is 200 g/mol. The molecule has 0 bridgehead atoms. The van der Waals surface area contributed by atoms with Crippen LogP contribution in [0.4, 0.5) is 0 Å². The maximum atomic E-state index is 4.46. The fourth-order valence-electron chi connectivity index (χ4n) is 1.18. The first-order valence-corrected chi connectivity index (χ1v) is 7.17. The van der Waals surface area contributed by atoms with Crippen LogP contribution in [0.5, 0.6) is 0 Å². The molecule has 0 aliphatic carbocycles. The smallest absolute Gasteiger partial charge is 0.156 e. The summed E-state index contributed by atoms with van der Waals surface area (Å²) in [4.78, 5) is 4.46. The zero-order valence-corrected chi connectivity index (χ0v) is 10.0. The summed E-state index contributed by atoms with van der Waals surface area (Å²) in [5.41, 5.74) is 0. The Labute approximate surface area is 89.3 Å². The van der Waals surface area contributed by atoms with Gasteiger partial charge >= 0.3 is 0 Å². The fraction of sp³-hybridized carbons (Fsp3) is 0.889. The lowest BCUT2D eigenvalue weighted by Crippen LogP contribution is -2.35. The zero-order valence-electron chi connectivity index (χ0n) is 8.38. The van der Waals surface area contributed by atoms with Crippen LogP contribution in [0.25, 0.3) is 0 Å². The highest BCUT2D eigenvalue weighted by molar-refractivity contribution is 8.13. The van der Waals surface area contributed by atoms with Gasteiger partial charge in [-0.2, -0.15) is 11.8 Å². The van der Waals surface area contributed by atoms with Crippen LogP contribution in [0, 0.1) is 0 Å². The molecule has 0 amide bonds. The topological polar surface area (TPSA) is 24.4 Å². The minimum atomic E-state index is 0.597. The molecule has 1 atom stereocenters. The summed E-state index contributed by atoms with van der Waals surface area (Å²) in [7, 11) is 0. The number of hydrogen-bond donors (Lipinski definition) is 1. The van der Waals surface area contributed by atoms with E-state index < -0.39 is 0 Å². The van der Waals surface area contributed by atoms with Gasteiger partial charge in [0.15, 0.2) is 5.17 Å². The number of nitrogens with one attached hydrogen (secondary N) is 1. The predicted molar refractivity (Wildman–Crippen MR) is 65.0 cm³/mol. The van der Waals surface area contributed by atoms with Crippen molar-refractivity contribution in [2.24, 2.45) is 4.99 Å². The van der Waals surface area contributed by atoms with Crippen molar-refractivity contribution in [1.82, 2.24) is 5.32 Å². The fourth-order valence-corrected chi connectivity index (χ4v) is 2.81. The van der Waals surface area contributed by atoms with E-state index in [-0.39, 0.29) is 0 Å². The van der Waals surface area contributed by atoms with Crippen LogP contribution in [0.2, 0.25) is 0 Å². The Kier molecular flexibility index (Phi) is 5.71. The third kappa shape index (κ3) is 4.27. The largest absolute Gasteiger partial charge is 0.361 e. The molecule has 13 heavy (non-hydrogen) atoms. The number of amidine groups is 1. The van der Waals surface area contributed by atoms with Gasteiger partial charge in [-0.3, -0.25) is 4.99 Å². The lowest BCUT2D eigenvalue weighted by atomic mass is 10.3. The quantitative estimate of drug-likeness (QED) is 0.783. The van der Waals surface area contributed by atoms with E-state index in [9.17, 15) is 0 Å². The van der Waals surface area contributed by atoms with Crippen LogP contribution < -0.4 is 5.32 Å². The van der Waals surface area contributed by atoms with Crippen LogP contribution in [0.1, 0.15) is 19.8 Å². The lowest BCUT2D eigenvalue weighted by molar-refractivity contribution is 0.653. The van der Waals surface area contributed by atoms with Crippen molar-refractivity contribution in [3.8, 4) is 0 Å². The molecular formula is C9H18N2S2. The van der Waals surface area contributed by atoms with Crippen molar-refractivity contribution in [2.75, 3.05) is 24.3 Å². The van der Waals surface area contributed by atoms with Crippen LogP contribution in [0.15, 0.2) is 4.99 Å². The number of hydrogen-bond acceptors (Lipinski definition) is 4. The van der Waals surface area contributed by atoms with Gasteiger partial charge in [-0.15, -0.1) is 0 Å². The van der Waals surface area contributed by atoms with Gasteiger partial charge in [0.2, 0.25) is 0 Å². The summed E-state index contributed by atoms with van der Waals surface area (Å²) in [6.07, 6.45) is 4.57. The predicted octanol–water partition coefficient (Wildman–Crippen LogP) is 2.21. The third-order valence-electron chi connectivity index (χ3n) is 1.98. The second kappa shape index (κ2) is 6.60. The minimum absolute atomic E-state index is 0.597. The van der Waals surface area contributed by atoms with Gasteiger partial charge in [-0.05, 0) is 19.1 Å². The molecule has 4 heteroatoms. The first-order chi connectivity index (χ1) is 6.36. The van der Waals surface area contributed by atoms with Crippen molar-refractivity contribution < 1.29 is 0 Å². The highest BCUT2D eigenvalue weighted by Gasteiger charge is 2.10. The van der Waals surface area contributed by atoms with Crippen LogP contribution >= 0.6 is 23.5 Å². The molecule has 0 aromatic rings. The zero-order chi connectivity index (χ0) is 9.52. The van der Waals surface area contributed by atoms with E-state index in [2.05, 4.69) is 23.5 Å². The molecule has 2 nitrogen and oxygen atoms in total. The molecule has 0 aromatic heterocycles. The molecule has 0 radical (unpaired) electrons. The highest BCUT2D eigenvalue weighted by atomic mass is 32.2. The van der Waals surface area contributed by atoms with Crippen LogP contribution in [0.3, 0.4) is 0 Å². The Bertz CT molecular complexity index is 171. The van der Waals surface area contributed by atoms with E-state index in [1.54, 1.807) is 0 Å². The summed E-state index contributed by atoms with van der Waals surface area (Å²) in [6, 6.07) is 0.597. The van der Waals surface area contributed by atoms with Crippen molar-refractivity contribution in [2.45, 2.75) is 25.8 Å². The first kappa shape index (κ1) is 11.2. The Morgan fingerprint density at radius 2 is 2.54 bits per heavy atom. The van der Waals surface area contributed by atoms with E-state index in [1.165, 1.54) is 24.3 Å². The Balaban J connectivity index is 2.31. The van der Waals surface area contributed by atoms with Crippen molar-refractivity contribution >= 4 is 28.7 Å². The van der Waals surface area contributed by atoms with Gasteiger partial charge in [0, 0.05) is 24.1 Å². The molecule has 76 valence electrons. The molecule has 1 aliphatic rings. The van der Waals surface area contributed by atoms with E-state index >= 15 is 0 Å². The number of nitrogens with zero attached hydrogens (tertiary/aromatic N) is 1. The van der Waals surface area contributed by atoms with Crippen molar-refractivity contribution in [3.05, 3.63) is 0 Å². The Hall–Kier alpha value is 0.170. The molecule has 0 fully saturated rings. The molecule has 1 N–H and O–H groups in total. The maximum Gasteiger partial charge on any atom is 0.156 e. The van der Waals surface area contributed by atoms with Crippen molar-refractivity contribution in [3.63, 3.8) is 0 Å². The molecule has 0 saturated carbocycles. The highest BCUT2D eigenvalue weighted by Crippen LogP contribution is 2.12. The average Bonchev–Trinajstić information content (AvgIpc) is 2.19. The molecule has 1 rings (SSSR count). The monoisotopic (exact) mass is 218 g/mol. The van der Waals surface area contributed by atoms with E-state index in [1.807, 2.05) is 23.5 Å². The third-order valence-corrected chi connectivity index (χ3v) is 3.73. The van der Waals surface area contributed by atoms with Gasteiger partial charge in [0.25, 0.3) is 0 Å². The van der Waals surface area contributed by atoms with Gasteiger partial charge in [-0.1, -0.05) is 18.7 Å². The molecule has 1 heterocycles. The molecule has 1 unspecified atom stereocenters. The van der Waals surface area contributed by atoms with Gasteiger partial charge in [0.1, 0.15) is 0 Å². The minimum Gasteiger partial charge on any atom is -0.361 e. The molecule has 0 aromatic carbocycles. The number of rotatable bonds is 4. The van der Waals surface area contributed by atoms with E-state index in [4.69, 9.17) is 0 Å². The van der Waals surface area contributed by atoms with Crippen LogP contribution in [-0.2, 0) is 0 Å². The lowest BCUT2D eigenvalue weighted by Gasteiger charge is -2.20. The second-order valence-electron chi connectivity index (χ2n) is 3.09. The van der Waals surface area contributed by atoms with E-state index in [0.29, 0.717) is 6.04 Å². The van der Waals surface area contributed by atoms with Crippen LogP contribution in [-0.4, -0.2) is 35.5 Å². The summed E-state index contributed by atoms with van der Waals surface area (Å²) >= 11 is 3.76. The van der Waals surface area contributed by atoms with Crippen molar-refractivity contribution in [1.29, 1.82) is 0 Å². The maximum absolute atomic E-state index is 4.46. The summed E-state index contributed by atoms with van der Waals surface area (Å²) in [5, 5.41) is 4.66. The Morgan fingerprint density at radius 3 is 3.08 bits per heavy atom. The standard InChI is InChI=1S/C9H18N2S2/c1-3-8(7-12-2)11-9-10-5-4-6-13-9/h8H,3-7H2,1-2H3,(H,10,11). The first-order valence-electron chi connectivity index (χ1n) is 4.79. The number of aliphatic imine (C=N–C) groups is 1. The number of thioether (sulfide) groups is 2. The van der Waals surface area contributed by atoms with Gasteiger partial charge in [0.05, 0.1) is 0 Å². The Morgan fingerprint density at radius 1 is 1.69 bits per heavy atom.